The molecule has 32 heavy (non-hydrogen) atoms. The van der Waals surface area contributed by atoms with Crippen molar-refractivity contribution in [3.05, 3.63) is 35.4 Å². The molecule has 3 aliphatic rings. The summed E-state index contributed by atoms with van der Waals surface area (Å²) in [6, 6.07) is 1.12. The number of nitrogens with one attached hydrogen (secondary N) is 1. The predicted molar refractivity (Wildman–Crippen MR) is 121 cm³/mol. The number of nitrogens with zero attached hydrogens (tertiary/aromatic N) is 1. The van der Waals surface area contributed by atoms with Crippen LogP contribution in [-0.2, 0) is 14.3 Å². The fraction of sp³-hybridized carbons (Fsp3) is 0.609. The van der Waals surface area contributed by atoms with Crippen LogP contribution in [0.2, 0.25) is 0 Å². The molecule has 1 aliphatic carbocycles. The van der Waals surface area contributed by atoms with E-state index in [2.05, 4.69) is 34.8 Å². The van der Waals surface area contributed by atoms with E-state index in [1.165, 1.54) is 0 Å². The maximum atomic E-state index is 13.7. The maximum Gasteiger partial charge on any atom is 0.252 e. The van der Waals surface area contributed by atoms with Crippen LogP contribution in [0.15, 0.2) is 18.2 Å². The maximum absolute atomic E-state index is 13.7. The number of amides is 2. The highest BCUT2D eigenvalue weighted by molar-refractivity contribution is 14.1. The molecule has 1 unspecified atom stereocenters. The van der Waals surface area contributed by atoms with E-state index >= 15 is 0 Å². The Morgan fingerprint density at radius 1 is 1.19 bits per heavy atom. The topological polar surface area (TPSA) is 75.7 Å². The van der Waals surface area contributed by atoms with Gasteiger partial charge in [-0.2, -0.15) is 0 Å². The molecular weight excluding hydrogens is 533 g/mol. The first-order valence-electron chi connectivity index (χ1n) is 11.1. The first kappa shape index (κ1) is 23.5. The Labute approximate surface area is 199 Å². The Morgan fingerprint density at radius 2 is 1.84 bits per heavy atom. The van der Waals surface area contributed by atoms with Gasteiger partial charge in [0.05, 0.1) is 6.10 Å². The fourth-order valence-corrected chi connectivity index (χ4v) is 5.99. The third kappa shape index (κ3) is 4.69. The molecule has 0 aromatic heterocycles. The van der Waals surface area contributed by atoms with Crippen molar-refractivity contribution >= 4 is 40.2 Å². The van der Waals surface area contributed by atoms with Crippen molar-refractivity contribution in [2.75, 3.05) is 17.6 Å². The van der Waals surface area contributed by atoms with Gasteiger partial charge in [-0.3, -0.25) is 14.4 Å². The molecule has 1 saturated carbocycles. The van der Waals surface area contributed by atoms with Crippen molar-refractivity contribution in [2.45, 2.75) is 50.8 Å². The normalized spacial score (nSPS) is 30.8. The Kier molecular flexibility index (Phi) is 7.14. The van der Waals surface area contributed by atoms with Crippen LogP contribution in [0.5, 0.6) is 0 Å². The average Bonchev–Trinajstić information content (AvgIpc) is 3.32. The smallest absolute Gasteiger partial charge is 0.252 e. The number of fused-ring (bicyclic) bond motifs is 1. The quantitative estimate of drug-likeness (QED) is 0.444. The van der Waals surface area contributed by atoms with Gasteiger partial charge in [0, 0.05) is 28.5 Å². The van der Waals surface area contributed by atoms with E-state index in [-0.39, 0.29) is 41.8 Å². The van der Waals surface area contributed by atoms with Crippen LogP contribution < -0.4 is 5.32 Å². The number of ketones is 1. The van der Waals surface area contributed by atoms with E-state index < -0.39 is 29.6 Å². The van der Waals surface area contributed by atoms with Gasteiger partial charge < -0.3 is 15.0 Å². The lowest BCUT2D eigenvalue weighted by atomic mass is 9.78. The summed E-state index contributed by atoms with van der Waals surface area (Å²) in [6.07, 6.45) is 3.07. The number of ether oxygens (including phenoxy) is 1. The van der Waals surface area contributed by atoms with E-state index in [0.29, 0.717) is 18.5 Å². The SMILES string of the molecule is CC1CCC(C(NC(=O)c2cc(F)cc(F)c2)C(=O)N2C[C@H](CI)[C@H]3OCC(=O)[C@H]32)CC1. The van der Waals surface area contributed by atoms with Gasteiger partial charge in [-0.05, 0) is 36.8 Å². The van der Waals surface area contributed by atoms with Gasteiger partial charge in [0.1, 0.15) is 30.3 Å². The molecule has 9 heteroatoms. The molecule has 0 radical (unpaired) electrons. The molecule has 2 amide bonds. The summed E-state index contributed by atoms with van der Waals surface area (Å²) in [5, 5.41) is 2.76. The Bertz CT molecular complexity index is 886. The first-order chi connectivity index (χ1) is 15.3. The zero-order chi connectivity index (χ0) is 23.0. The van der Waals surface area contributed by atoms with Gasteiger partial charge >= 0.3 is 0 Å². The van der Waals surface area contributed by atoms with Crippen molar-refractivity contribution in [1.82, 2.24) is 10.2 Å². The summed E-state index contributed by atoms with van der Waals surface area (Å²) in [4.78, 5) is 40.7. The second-order valence-electron chi connectivity index (χ2n) is 9.22. The number of rotatable bonds is 5. The molecule has 0 bridgehead atoms. The van der Waals surface area contributed by atoms with Gasteiger partial charge in [0.15, 0.2) is 5.78 Å². The number of hydrogen-bond donors (Lipinski definition) is 1. The van der Waals surface area contributed by atoms with Crippen molar-refractivity contribution in [1.29, 1.82) is 0 Å². The lowest BCUT2D eigenvalue weighted by Crippen LogP contribution is -2.55. The van der Waals surface area contributed by atoms with Crippen molar-refractivity contribution in [3.8, 4) is 0 Å². The van der Waals surface area contributed by atoms with E-state index in [1.807, 2.05) is 0 Å². The number of likely N-dealkylation sites (tertiary alicyclic amines) is 1. The monoisotopic (exact) mass is 560 g/mol. The molecule has 1 N–H and O–H groups in total. The average molecular weight is 560 g/mol. The third-order valence-electron chi connectivity index (χ3n) is 6.98. The number of benzene rings is 1. The number of carbonyl (C=O) groups excluding carboxylic acids is 3. The van der Waals surface area contributed by atoms with Gasteiger partial charge in [-0.15, -0.1) is 0 Å². The minimum atomic E-state index is -0.858. The van der Waals surface area contributed by atoms with Crippen LogP contribution in [0, 0.1) is 29.4 Å². The van der Waals surface area contributed by atoms with Gasteiger partial charge in [-0.1, -0.05) is 42.4 Å². The summed E-state index contributed by atoms with van der Waals surface area (Å²) < 4.78 is 33.7. The lowest BCUT2D eigenvalue weighted by molar-refractivity contribution is -0.139. The van der Waals surface area contributed by atoms with Crippen LogP contribution in [0.4, 0.5) is 8.78 Å². The van der Waals surface area contributed by atoms with E-state index in [0.717, 1.165) is 42.2 Å². The minimum absolute atomic E-state index is 0.00715. The molecule has 1 aromatic carbocycles. The van der Waals surface area contributed by atoms with Crippen molar-refractivity contribution in [2.24, 2.45) is 17.8 Å². The Hall–Kier alpha value is -1.62. The molecule has 0 spiro atoms. The van der Waals surface area contributed by atoms with E-state index in [1.54, 1.807) is 4.90 Å². The molecular formula is C23H27F2IN2O4. The highest BCUT2D eigenvalue weighted by Crippen LogP contribution is 2.36. The Morgan fingerprint density at radius 3 is 2.47 bits per heavy atom. The summed E-state index contributed by atoms with van der Waals surface area (Å²) in [7, 11) is 0. The zero-order valence-corrected chi connectivity index (χ0v) is 20.0. The minimum Gasteiger partial charge on any atom is -0.367 e. The predicted octanol–water partition coefficient (Wildman–Crippen LogP) is 3.12. The first-order valence-corrected chi connectivity index (χ1v) is 12.6. The van der Waals surface area contributed by atoms with Crippen molar-refractivity contribution < 1.29 is 27.9 Å². The van der Waals surface area contributed by atoms with Crippen LogP contribution in [0.25, 0.3) is 0 Å². The molecule has 4 atom stereocenters. The summed E-state index contributed by atoms with van der Waals surface area (Å²) >= 11 is 2.23. The highest BCUT2D eigenvalue weighted by atomic mass is 127. The number of alkyl halides is 1. The van der Waals surface area contributed by atoms with Crippen LogP contribution in [-0.4, -0.2) is 58.3 Å². The van der Waals surface area contributed by atoms with Gasteiger partial charge in [-0.25, -0.2) is 8.78 Å². The van der Waals surface area contributed by atoms with Gasteiger partial charge in [0.2, 0.25) is 5.91 Å². The van der Waals surface area contributed by atoms with Gasteiger partial charge in [0.25, 0.3) is 5.91 Å². The van der Waals surface area contributed by atoms with E-state index in [9.17, 15) is 23.2 Å². The molecule has 174 valence electrons. The largest absolute Gasteiger partial charge is 0.367 e. The molecule has 4 rings (SSSR count). The summed E-state index contributed by atoms with van der Waals surface area (Å²) in [6.45, 7) is 2.55. The van der Waals surface area contributed by atoms with Crippen molar-refractivity contribution in [3.63, 3.8) is 0 Å². The molecule has 2 heterocycles. The molecule has 6 nitrogen and oxygen atoms in total. The van der Waals surface area contributed by atoms with Crippen LogP contribution >= 0.6 is 22.6 Å². The van der Waals surface area contributed by atoms with E-state index in [4.69, 9.17) is 4.74 Å². The molecule has 3 fully saturated rings. The number of carbonyl (C=O) groups is 3. The molecule has 2 saturated heterocycles. The lowest BCUT2D eigenvalue weighted by Gasteiger charge is -2.35. The standard InChI is InChI=1S/C23H27F2IN2O4/c1-12-2-4-13(5-3-12)19(27-22(30)14-6-16(24)8-17(25)7-14)23(31)28-10-15(9-26)21-20(28)18(29)11-32-21/h6-8,12-13,15,19-21H,2-5,9-11H2,1H3,(H,27,30)/t12?,13?,15-,19?,20+,21+/m0/s1. The third-order valence-corrected chi connectivity index (χ3v) is 8.11. The number of hydrogen-bond acceptors (Lipinski definition) is 4. The highest BCUT2D eigenvalue weighted by Gasteiger charge is 2.53. The summed E-state index contributed by atoms with van der Waals surface area (Å²) in [5.41, 5.74) is -0.172. The zero-order valence-electron chi connectivity index (χ0n) is 17.9. The molecule has 1 aromatic rings. The number of halogens is 3. The second-order valence-corrected chi connectivity index (χ2v) is 10.1. The Balaban J connectivity index is 1.59. The number of Topliss-reactive ketones (excluding diaryl/α,β-unsaturated/α-hetero) is 1. The summed E-state index contributed by atoms with van der Waals surface area (Å²) in [5.74, 6) is -2.35. The fourth-order valence-electron chi connectivity index (χ4n) is 5.21. The molecule has 2 aliphatic heterocycles. The van der Waals surface area contributed by atoms with Crippen LogP contribution in [0.1, 0.15) is 43.0 Å². The van der Waals surface area contributed by atoms with Crippen LogP contribution in [0.3, 0.4) is 0 Å². The second kappa shape index (κ2) is 9.70.